The number of piperazine rings is 1. The summed E-state index contributed by atoms with van der Waals surface area (Å²) in [5, 5.41) is 6.42. The average molecular weight is 380 g/mol. The first kappa shape index (κ1) is 18.2. The van der Waals surface area contributed by atoms with E-state index >= 15 is 0 Å². The summed E-state index contributed by atoms with van der Waals surface area (Å²) in [6.07, 6.45) is 3.01. The Balaban J connectivity index is 1.43. The lowest BCUT2D eigenvalue weighted by atomic mass is 9.98. The molecule has 144 valence electrons. The number of benzene rings is 1. The van der Waals surface area contributed by atoms with E-state index in [1.807, 2.05) is 19.1 Å². The summed E-state index contributed by atoms with van der Waals surface area (Å²) in [6, 6.07) is 8.86. The minimum Gasteiger partial charge on any atom is -0.358 e. The predicted octanol–water partition coefficient (Wildman–Crippen LogP) is 2.17. The van der Waals surface area contributed by atoms with E-state index in [1.165, 1.54) is 12.1 Å². The molecule has 0 spiro atoms. The van der Waals surface area contributed by atoms with Crippen LogP contribution in [0.2, 0.25) is 0 Å². The number of halogens is 1. The van der Waals surface area contributed by atoms with Gasteiger partial charge in [0.05, 0.1) is 0 Å². The fourth-order valence-corrected chi connectivity index (χ4v) is 3.72. The molecule has 1 aliphatic heterocycles. The van der Waals surface area contributed by atoms with E-state index in [2.05, 4.69) is 20.6 Å². The first-order chi connectivity index (χ1) is 13.5. The van der Waals surface area contributed by atoms with E-state index in [-0.39, 0.29) is 17.6 Å². The van der Waals surface area contributed by atoms with E-state index in [0.717, 1.165) is 27.9 Å². The number of pyridine rings is 1. The van der Waals surface area contributed by atoms with Gasteiger partial charge in [0.25, 0.3) is 0 Å². The third-order valence-corrected chi connectivity index (χ3v) is 5.17. The second-order valence-corrected chi connectivity index (χ2v) is 7.10. The Morgan fingerprint density at radius 2 is 1.86 bits per heavy atom. The van der Waals surface area contributed by atoms with Crippen molar-refractivity contribution < 1.29 is 14.0 Å². The standard InChI is InChI=1S/C21H21FN4O2/c1-12-15(16-10-13(22)5-7-17(16)24-12)6-8-18-20(27)26-19(21(28)25-18)11-14-4-2-3-9-23-14/h2-5,7,9-10,18-19,24H,6,8,11H2,1H3,(H,25,28)(H,26,27)/t18-,19+/m1/s1. The number of nitrogens with zero attached hydrogens (tertiary/aromatic N) is 1. The van der Waals surface area contributed by atoms with Crippen LogP contribution in [0, 0.1) is 12.7 Å². The molecule has 0 bridgehead atoms. The number of aromatic amines is 1. The van der Waals surface area contributed by atoms with E-state index < -0.39 is 12.1 Å². The van der Waals surface area contributed by atoms with Gasteiger partial charge >= 0.3 is 0 Å². The van der Waals surface area contributed by atoms with Crippen LogP contribution in [0.4, 0.5) is 4.39 Å². The van der Waals surface area contributed by atoms with Crippen LogP contribution in [0.5, 0.6) is 0 Å². The zero-order valence-electron chi connectivity index (χ0n) is 15.5. The highest BCUT2D eigenvalue weighted by molar-refractivity contribution is 5.97. The Hall–Kier alpha value is -3.22. The summed E-state index contributed by atoms with van der Waals surface area (Å²) in [5.74, 6) is -0.713. The number of hydrogen-bond donors (Lipinski definition) is 3. The van der Waals surface area contributed by atoms with Crippen molar-refractivity contribution in [1.29, 1.82) is 0 Å². The molecule has 3 aromatic rings. The zero-order valence-corrected chi connectivity index (χ0v) is 15.5. The van der Waals surface area contributed by atoms with Crippen molar-refractivity contribution in [2.75, 3.05) is 0 Å². The van der Waals surface area contributed by atoms with Gasteiger partial charge in [0.15, 0.2) is 0 Å². The first-order valence-corrected chi connectivity index (χ1v) is 9.28. The quantitative estimate of drug-likeness (QED) is 0.634. The number of aromatic nitrogens is 2. The Morgan fingerprint density at radius 1 is 1.07 bits per heavy atom. The molecule has 7 heteroatoms. The second-order valence-electron chi connectivity index (χ2n) is 7.10. The molecule has 1 aromatic carbocycles. The number of nitrogens with one attached hydrogen (secondary N) is 3. The maximum absolute atomic E-state index is 13.6. The number of carbonyl (C=O) groups excluding carboxylic acids is 2. The highest BCUT2D eigenvalue weighted by Crippen LogP contribution is 2.25. The summed E-state index contributed by atoms with van der Waals surface area (Å²) < 4.78 is 13.6. The molecule has 3 heterocycles. The van der Waals surface area contributed by atoms with Crippen LogP contribution in [0.3, 0.4) is 0 Å². The molecule has 3 N–H and O–H groups in total. The molecule has 2 aromatic heterocycles. The number of fused-ring (bicyclic) bond motifs is 1. The normalized spacial score (nSPS) is 19.5. The molecule has 0 radical (unpaired) electrons. The SMILES string of the molecule is Cc1[nH]c2ccc(F)cc2c1CC[C@H]1NC(=O)[C@H](Cc2ccccn2)NC1=O. The Labute approximate surface area is 161 Å². The van der Waals surface area contributed by atoms with Crippen LogP contribution >= 0.6 is 0 Å². The van der Waals surface area contributed by atoms with Gasteiger partial charge in [-0.15, -0.1) is 0 Å². The monoisotopic (exact) mass is 380 g/mol. The third kappa shape index (κ3) is 3.60. The third-order valence-electron chi connectivity index (χ3n) is 5.17. The maximum Gasteiger partial charge on any atom is 0.243 e. The minimum atomic E-state index is -0.623. The van der Waals surface area contributed by atoms with Crippen molar-refractivity contribution >= 4 is 22.7 Å². The number of aryl methyl sites for hydroxylation is 2. The molecule has 0 saturated carbocycles. The van der Waals surface area contributed by atoms with Gasteiger partial charge in [-0.1, -0.05) is 6.07 Å². The molecule has 1 aliphatic rings. The molecule has 28 heavy (non-hydrogen) atoms. The van der Waals surface area contributed by atoms with Crippen LogP contribution in [-0.2, 0) is 22.4 Å². The predicted molar refractivity (Wildman–Crippen MR) is 103 cm³/mol. The fraction of sp³-hybridized carbons (Fsp3) is 0.286. The summed E-state index contributed by atoms with van der Waals surface area (Å²) in [7, 11) is 0. The number of carbonyl (C=O) groups is 2. The molecule has 1 fully saturated rings. The van der Waals surface area contributed by atoms with Gasteiger partial charge < -0.3 is 15.6 Å². The first-order valence-electron chi connectivity index (χ1n) is 9.28. The molecule has 0 unspecified atom stereocenters. The van der Waals surface area contributed by atoms with Crippen molar-refractivity contribution in [2.24, 2.45) is 0 Å². The molecule has 4 rings (SSSR count). The Kier molecular flexibility index (Phi) is 4.81. The van der Waals surface area contributed by atoms with Crippen molar-refractivity contribution in [2.45, 2.75) is 38.3 Å². The molecular weight excluding hydrogens is 359 g/mol. The van der Waals surface area contributed by atoms with E-state index in [0.29, 0.717) is 19.3 Å². The average Bonchev–Trinajstić information content (AvgIpc) is 2.98. The van der Waals surface area contributed by atoms with E-state index in [1.54, 1.807) is 18.3 Å². The largest absolute Gasteiger partial charge is 0.358 e. The molecule has 6 nitrogen and oxygen atoms in total. The highest BCUT2D eigenvalue weighted by Gasteiger charge is 2.33. The minimum absolute atomic E-state index is 0.204. The molecule has 2 amide bonds. The number of amides is 2. The molecule has 0 aliphatic carbocycles. The molecule has 2 atom stereocenters. The lowest BCUT2D eigenvalue weighted by Gasteiger charge is -2.29. The van der Waals surface area contributed by atoms with Crippen molar-refractivity contribution in [3.05, 3.63) is 65.4 Å². The summed E-state index contributed by atoms with van der Waals surface area (Å²) in [5.41, 5.74) is 3.52. The Morgan fingerprint density at radius 3 is 2.64 bits per heavy atom. The van der Waals surface area contributed by atoms with Crippen LogP contribution in [0.15, 0.2) is 42.6 Å². The molecule has 1 saturated heterocycles. The highest BCUT2D eigenvalue weighted by atomic mass is 19.1. The molecular formula is C21H21FN4O2. The Bertz CT molecular complexity index is 1030. The van der Waals surface area contributed by atoms with Crippen LogP contribution in [0.25, 0.3) is 10.9 Å². The van der Waals surface area contributed by atoms with Crippen LogP contribution in [0.1, 0.15) is 23.4 Å². The van der Waals surface area contributed by atoms with Crippen molar-refractivity contribution in [3.8, 4) is 0 Å². The second kappa shape index (κ2) is 7.42. The number of rotatable bonds is 5. The van der Waals surface area contributed by atoms with Crippen molar-refractivity contribution in [3.63, 3.8) is 0 Å². The maximum atomic E-state index is 13.6. The number of hydrogen-bond acceptors (Lipinski definition) is 3. The topological polar surface area (TPSA) is 86.9 Å². The van der Waals surface area contributed by atoms with Crippen LogP contribution < -0.4 is 10.6 Å². The number of H-pyrrole nitrogens is 1. The van der Waals surface area contributed by atoms with Gasteiger partial charge in [0.1, 0.15) is 17.9 Å². The van der Waals surface area contributed by atoms with E-state index in [4.69, 9.17) is 0 Å². The fourth-order valence-electron chi connectivity index (χ4n) is 3.72. The van der Waals surface area contributed by atoms with Gasteiger partial charge in [0.2, 0.25) is 11.8 Å². The lowest BCUT2D eigenvalue weighted by molar-refractivity contribution is -0.136. The smallest absolute Gasteiger partial charge is 0.243 e. The van der Waals surface area contributed by atoms with Crippen LogP contribution in [-0.4, -0.2) is 33.9 Å². The summed E-state index contributed by atoms with van der Waals surface area (Å²) in [4.78, 5) is 32.4. The van der Waals surface area contributed by atoms with Crippen molar-refractivity contribution in [1.82, 2.24) is 20.6 Å². The van der Waals surface area contributed by atoms with Gasteiger partial charge in [0, 0.05) is 34.9 Å². The zero-order chi connectivity index (χ0) is 19.7. The summed E-state index contributed by atoms with van der Waals surface area (Å²) >= 11 is 0. The van der Waals surface area contributed by atoms with Gasteiger partial charge in [-0.25, -0.2) is 4.39 Å². The summed E-state index contributed by atoms with van der Waals surface area (Å²) in [6.45, 7) is 1.93. The van der Waals surface area contributed by atoms with E-state index in [9.17, 15) is 14.0 Å². The lowest BCUT2D eigenvalue weighted by Crippen LogP contribution is -2.62. The van der Waals surface area contributed by atoms with Gasteiger partial charge in [-0.2, -0.15) is 0 Å². The van der Waals surface area contributed by atoms with Gasteiger partial charge in [-0.05, 0) is 55.7 Å². The van der Waals surface area contributed by atoms with Gasteiger partial charge in [-0.3, -0.25) is 14.6 Å².